The van der Waals surface area contributed by atoms with Crippen LogP contribution in [-0.2, 0) is 11.3 Å². The van der Waals surface area contributed by atoms with Gasteiger partial charge in [0, 0.05) is 4.90 Å². The summed E-state index contributed by atoms with van der Waals surface area (Å²) < 4.78 is 18.6. The number of nitrogens with zero attached hydrogens (tertiary/aromatic N) is 1. The van der Waals surface area contributed by atoms with Crippen LogP contribution in [0.15, 0.2) is 71.6 Å². The summed E-state index contributed by atoms with van der Waals surface area (Å²) in [7, 11) is 1.65. The van der Waals surface area contributed by atoms with Crippen molar-refractivity contribution in [3.8, 4) is 16.9 Å². The summed E-state index contributed by atoms with van der Waals surface area (Å²) >= 11 is 1.57. The number of rotatable bonds is 4. The number of carbonyl (C=O) groups is 1. The van der Waals surface area contributed by atoms with Gasteiger partial charge < -0.3 is 9.64 Å². The topological polar surface area (TPSA) is 29.5 Å². The lowest BCUT2D eigenvalue weighted by molar-refractivity contribution is -0.118. The van der Waals surface area contributed by atoms with Crippen molar-refractivity contribution in [2.45, 2.75) is 23.6 Å². The monoisotopic (exact) mass is 393 g/mol. The predicted octanol–water partition coefficient (Wildman–Crippen LogP) is 5.53. The Bertz CT molecular complexity index is 1020. The summed E-state index contributed by atoms with van der Waals surface area (Å²) in [6.07, 6.45) is 0. The molecule has 0 radical (unpaired) electrons. The minimum Gasteiger partial charge on any atom is -0.497 e. The first-order chi connectivity index (χ1) is 13.5. The van der Waals surface area contributed by atoms with Gasteiger partial charge in [-0.2, -0.15) is 0 Å². The first kappa shape index (κ1) is 18.6. The molecule has 0 aliphatic carbocycles. The average Bonchev–Trinajstić information content (AvgIpc) is 2.72. The fourth-order valence-corrected chi connectivity index (χ4v) is 4.37. The zero-order valence-corrected chi connectivity index (χ0v) is 16.5. The van der Waals surface area contributed by atoms with Gasteiger partial charge in [-0.1, -0.05) is 30.3 Å². The molecule has 142 valence electrons. The molecule has 3 aromatic rings. The first-order valence-electron chi connectivity index (χ1n) is 9.06. The second-order valence-corrected chi connectivity index (χ2v) is 8.11. The Labute approximate surface area is 168 Å². The molecular formula is C23H20FNO2S. The van der Waals surface area contributed by atoms with Gasteiger partial charge in [0.2, 0.25) is 5.91 Å². The number of amides is 1. The van der Waals surface area contributed by atoms with Crippen molar-refractivity contribution in [2.75, 3.05) is 12.0 Å². The summed E-state index contributed by atoms with van der Waals surface area (Å²) in [4.78, 5) is 15.8. The molecule has 5 heteroatoms. The Kier molecular flexibility index (Phi) is 5.09. The molecule has 28 heavy (non-hydrogen) atoms. The Morgan fingerprint density at radius 2 is 1.79 bits per heavy atom. The van der Waals surface area contributed by atoms with Gasteiger partial charge >= 0.3 is 0 Å². The number of hydrogen-bond donors (Lipinski definition) is 0. The Balaban J connectivity index is 1.74. The van der Waals surface area contributed by atoms with Crippen molar-refractivity contribution in [1.82, 2.24) is 0 Å². The number of fused-ring (bicyclic) bond motifs is 1. The van der Waals surface area contributed by atoms with E-state index in [1.54, 1.807) is 35.9 Å². The molecule has 0 saturated carbocycles. The SMILES string of the molecule is COc1cccc(-c2ccc3c(c2)N(Cc2ccc(F)cc2)C(=O)C(C)S3)c1. The molecule has 1 unspecified atom stereocenters. The second kappa shape index (κ2) is 7.68. The summed E-state index contributed by atoms with van der Waals surface area (Å²) in [5.41, 5.74) is 3.83. The van der Waals surface area contributed by atoms with Gasteiger partial charge in [-0.3, -0.25) is 4.79 Å². The third kappa shape index (κ3) is 3.62. The molecule has 0 spiro atoms. The number of thioether (sulfide) groups is 1. The largest absolute Gasteiger partial charge is 0.497 e. The predicted molar refractivity (Wildman–Crippen MR) is 111 cm³/mol. The standard InChI is InChI=1S/C23H20FNO2S/c1-15-23(26)25(14-16-6-9-19(24)10-7-16)21-13-18(8-11-22(21)28-15)17-4-3-5-20(12-17)27-2/h3-13,15H,14H2,1-2H3. The lowest BCUT2D eigenvalue weighted by Gasteiger charge is -2.33. The molecule has 4 rings (SSSR count). The van der Waals surface area contributed by atoms with Crippen LogP contribution in [0.1, 0.15) is 12.5 Å². The second-order valence-electron chi connectivity index (χ2n) is 6.73. The smallest absolute Gasteiger partial charge is 0.240 e. The summed E-state index contributed by atoms with van der Waals surface area (Å²) in [6.45, 7) is 2.34. The van der Waals surface area contributed by atoms with Crippen LogP contribution in [-0.4, -0.2) is 18.3 Å². The van der Waals surface area contributed by atoms with E-state index in [9.17, 15) is 9.18 Å². The van der Waals surface area contributed by atoms with Crippen LogP contribution < -0.4 is 9.64 Å². The first-order valence-corrected chi connectivity index (χ1v) is 9.94. The number of ether oxygens (including phenoxy) is 1. The van der Waals surface area contributed by atoms with E-state index in [1.165, 1.54) is 12.1 Å². The number of methoxy groups -OCH3 is 1. The van der Waals surface area contributed by atoms with Crippen LogP contribution in [0, 0.1) is 5.82 Å². The third-order valence-electron chi connectivity index (χ3n) is 4.82. The lowest BCUT2D eigenvalue weighted by atomic mass is 10.0. The highest BCUT2D eigenvalue weighted by Crippen LogP contribution is 2.42. The van der Waals surface area contributed by atoms with Gasteiger partial charge in [0.1, 0.15) is 11.6 Å². The molecular weight excluding hydrogens is 373 g/mol. The highest BCUT2D eigenvalue weighted by atomic mass is 32.2. The van der Waals surface area contributed by atoms with Crippen molar-refractivity contribution in [1.29, 1.82) is 0 Å². The fourth-order valence-electron chi connectivity index (χ4n) is 3.32. The molecule has 0 aromatic heterocycles. The molecule has 1 aliphatic rings. The lowest BCUT2D eigenvalue weighted by Crippen LogP contribution is -2.39. The van der Waals surface area contributed by atoms with Gasteiger partial charge in [0.25, 0.3) is 0 Å². The Morgan fingerprint density at radius 3 is 2.54 bits per heavy atom. The molecule has 0 fully saturated rings. The van der Waals surface area contributed by atoms with Crippen LogP contribution in [0.3, 0.4) is 0 Å². The molecule has 1 amide bonds. The van der Waals surface area contributed by atoms with Crippen LogP contribution in [0.2, 0.25) is 0 Å². The van der Waals surface area contributed by atoms with Crippen LogP contribution >= 0.6 is 11.8 Å². The minimum absolute atomic E-state index is 0.0598. The zero-order chi connectivity index (χ0) is 19.7. The summed E-state index contributed by atoms with van der Waals surface area (Å²) in [5.74, 6) is 0.570. The molecule has 3 aromatic carbocycles. The van der Waals surface area contributed by atoms with Crippen LogP contribution in [0.4, 0.5) is 10.1 Å². The van der Waals surface area contributed by atoms with Crippen molar-refractivity contribution >= 4 is 23.4 Å². The van der Waals surface area contributed by atoms with E-state index in [0.717, 1.165) is 33.0 Å². The third-order valence-corrected chi connectivity index (χ3v) is 5.98. The number of hydrogen-bond acceptors (Lipinski definition) is 3. The highest BCUT2D eigenvalue weighted by molar-refractivity contribution is 8.01. The summed E-state index contributed by atoms with van der Waals surface area (Å²) in [6, 6.07) is 20.3. The maximum atomic E-state index is 13.3. The van der Waals surface area contributed by atoms with Crippen molar-refractivity contribution in [2.24, 2.45) is 0 Å². The van der Waals surface area contributed by atoms with Crippen LogP contribution in [0.5, 0.6) is 5.75 Å². The van der Waals surface area contributed by atoms with E-state index in [0.29, 0.717) is 6.54 Å². The van der Waals surface area contributed by atoms with E-state index >= 15 is 0 Å². The highest BCUT2D eigenvalue weighted by Gasteiger charge is 2.31. The van der Waals surface area contributed by atoms with E-state index in [4.69, 9.17) is 4.74 Å². The van der Waals surface area contributed by atoms with Gasteiger partial charge in [0.15, 0.2) is 0 Å². The average molecular weight is 393 g/mol. The molecule has 3 nitrogen and oxygen atoms in total. The molecule has 1 heterocycles. The molecule has 0 N–H and O–H groups in total. The molecule has 0 bridgehead atoms. The Morgan fingerprint density at radius 1 is 1.04 bits per heavy atom. The number of halogens is 1. The van der Waals surface area contributed by atoms with Crippen molar-refractivity contribution in [3.05, 3.63) is 78.1 Å². The number of carbonyl (C=O) groups excluding carboxylic acids is 1. The van der Waals surface area contributed by atoms with Crippen molar-refractivity contribution in [3.63, 3.8) is 0 Å². The van der Waals surface area contributed by atoms with Crippen LogP contribution in [0.25, 0.3) is 11.1 Å². The quantitative estimate of drug-likeness (QED) is 0.584. The van der Waals surface area contributed by atoms with Gasteiger partial charge in [0.05, 0.1) is 24.6 Å². The van der Waals surface area contributed by atoms with E-state index in [2.05, 4.69) is 12.1 Å². The van der Waals surface area contributed by atoms with Crippen molar-refractivity contribution < 1.29 is 13.9 Å². The maximum Gasteiger partial charge on any atom is 0.240 e. The van der Waals surface area contributed by atoms with E-state index in [-0.39, 0.29) is 17.0 Å². The fraction of sp³-hybridized carbons (Fsp3) is 0.174. The molecule has 1 atom stereocenters. The summed E-state index contributed by atoms with van der Waals surface area (Å²) in [5, 5.41) is -0.157. The number of benzene rings is 3. The minimum atomic E-state index is -0.279. The molecule has 1 aliphatic heterocycles. The van der Waals surface area contributed by atoms with E-state index < -0.39 is 0 Å². The zero-order valence-electron chi connectivity index (χ0n) is 15.7. The van der Waals surface area contributed by atoms with Gasteiger partial charge in [-0.25, -0.2) is 4.39 Å². The van der Waals surface area contributed by atoms with Gasteiger partial charge in [-0.15, -0.1) is 11.8 Å². The van der Waals surface area contributed by atoms with Gasteiger partial charge in [-0.05, 0) is 60.0 Å². The Hall–Kier alpha value is -2.79. The molecule has 0 saturated heterocycles. The normalized spacial score (nSPS) is 16.0. The van der Waals surface area contributed by atoms with E-state index in [1.807, 2.05) is 37.3 Å². The maximum absolute atomic E-state index is 13.3. The number of anilines is 1.